The van der Waals surface area contributed by atoms with E-state index in [0.29, 0.717) is 17.4 Å². The largest absolute Gasteiger partial charge is 0.314 e. The van der Waals surface area contributed by atoms with Gasteiger partial charge in [0.25, 0.3) is 0 Å². The van der Waals surface area contributed by atoms with Crippen LogP contribution in [0.1, 0.15) is 58.9 Å². The van der Waals surface area contributed by atoms with Gasteiger partial charge in [0.2, 0.25) is 0 Å². The number of halogens is 1. The van der Waals surface area contributed by atoms with Crippen LogP contribution >= 0.6 is 15.9 Å². The Hall–Kier alpha value is -0.340. The van der Waals surface area contributed by atoms with Crippen LogP contribution < -0.4 is 5.32 Å². The second-order valence-corrected chi connectivity index (χ2v) is 7.83. The SMILES string of the molecule is CC(C)NCC(CCC(C)(C)C)c1ccc(Br)cc1. The van der Waals surface area contributed by atoms with Gasteiger partial charge in [-0.05, 0) is 41.9 Å². The van der Waals surface area contributed by atoms with E-state index in [1.54, 1.807) is 0 Å². The first kappa shape index (κ1) is 16.7. The molecule has 1 atom stereocenters. The van der Waals surface area contributed by atoms with Crippen molar-refractivity contribution in [1.29, 1.82) is 0 Å². The van der Waals surface area contributed by atoms with E-state index in [0.717, 1.165) is 11.0 Å². The molecule has 0 spiro atoms. The van der Waals surface area contributed by atoms with Gasteiger partial charge in [-0.3, -0.25) is 0 Å². The van der Waals surface area contributed by atoms with Crippen LogP contribution in [0.2, 0.25) is 0 Å². The van der Waals surface area contributed by atoms with E-state index in [4.69, 9.17) is 0 Å². The molecule has 1 unspecified atom stereocenters. The topological polar surface area (TPSA) is 12.0 Å². The lowest BCUT2D eigenvalue weighted by Crippen LogP contribution is -2.28. The van der Waals surface area contributed by atoms with Gasteiger partial charge in [0.05, 0.1) is 0 Å². The van der Waals surface area contributed by atoms with Gasteiger partial charge in [-0.25, -0.2) is 0 Å². The minimum atomic E-state index is 0.408. The number of nitrogens with one attached hydrogen (secondary N) is 1. The van der Waals surface area contributed by atoms with Crippen molar-refractivity contribution in [1.82, 2.24) is 5.32 Å². The fraction of sp³-hybridized carbons (Fsp3) is 0.647. The molecule has 0 aliphatic carbocycles. The summed E-state index contributed by atoms with van der Waals surface area (Å²) in [6, 6.07) is 9.34. The van der Waals surface area contributed by atoms with Crippen LogP contribution in [0.15, 0.2) is 28.7 Å². The predicted molar refractivity (Wildman–Crippen MR) is 88.7 cm³/mol. The van der Waals surface area contributed by atoms with Gasteiger partial charge in [-0.2, -0.15) is 0 Å². The Bertz CT molecular complexity index is 362. The molecule has 1 aromatic carbocycles. The normalized spacial score (nSPS) is 13.8. The maximum absolute atomic E-state index is 3.58. The molecule has 0 bridgehead atoms. The van der Waals surface area contributed by atoms with E-state index < -0.39 is 0 Å². The Morgan fingerprint density at radius 3 is 2.16 bits per heavy atom. The molecule has 0 fully saturated rings. The first-order valence-electron chi connectivity index (χ1n) is 7.27. The standard InChI is InChI=1S/C17H28BrN/c1-13(2)19-12-15(10-11-17(3,4)5)14-6-8-16(18)9-7-14/h6-9,13,15,19H,10-12H2,1-5H3. The van der Waals surface area contributed by atoms with Gasteiger partial charge in [0.1, 0.15) is 0 Å². The van der Waals surface area contributed by atoms with E-state index in [1.165, 1.54) is 18.4 Å². The molecule has 1 nitrogen and oxygen atoms in total. The smallest absolute Gasteiger partial charge is 0.0175 e. The second-order valence-electron chi connectivity index (χ2n) is 6.91. The fourth-order valence-corrected chi connectivity index (χ4v) is 2.37. The maximum Gasteiger partial charge on any atom is 0.0175 e. The van der Waals surface area contributed by atoms with Gasteiger partial charge in [0, 0.05) is 17.1 Å². The van der Waals surface area contributed by atoms with Crippen LogP contribution in [-0.2, 0) is 0 Å². The molecule has 0 heterocycles. The zero-order valence-electron chi connectivity index (χ0n) is 13.0. The van der Waals surface area contributed by atoms with Crippen LogP contribution in [0, 0.1) is 5.41 Å². The zero-order valence-corrected chi connectivity index (χ0v) is 14.5. The van der Waals surface area contributed by atoms with Gasteiger partial charge in [-0.15, -0.1) is 0 Å². The Morgan fingerprint density at radius 2 is 1.68 bits per heavy atom. The summed E-state index contributed by atoms with van der Waals surface area (Å²) in [7, 11) is 0. The molecule has 0 aliphatic heterocycles. The maximum atomic E-state index is 3.58. The highest BCUT2D eigenvalue weighted by molar-refractivity contribution is 9.10. The zero-order chi connectivity index (χ0) is 14.5. The van der Waals surface area contributed by atoms with Crippen molar-refractivity contribution in [2.45, 2.75) is 59.4 Å². The molecule has 0 aromatic heterocycles. The van der Waals surface area contributed by atoms with Crippen molar-refractivity contribution in [3.8, 4) is 0 Å². The molecular formula is C17H28BrN. The highest BCUT2D eigenvalue weighted by Crippen LogP contribution is 2.29. The molecular weight excluding hydrogens is 298 g/mol. The molecule has 2 heteroatoms. The molecule has 0 radical (unpaired) electrons. The summed E-state index contributed by atoms with van der Waals surface area (Å²) in [5.41, 5.74) is 1.85. The van der Waals surface area contributed by atoms with Gasteiger partial charge in [0.15, 0.2) is 0 Å². The summed E-state index contributed by atoms with van der Waals surface area (Å²) in [5, 5.41) is 3.58. The van der Waals surface area contributed by atoms with E-state index in [1.807, 2.05) is 0 Å². The second kappa shape index (κ2) is 7.44. The Morgan fingerprint density at radius 1 is 1.11 bits per heavy atom. The van der Waals surface area contributed by atoms with Gasteiger partial charge in [-0.1, -0.05) is 62.7 Å². The van der Waals surface area contributed by atoms with E-state index in [2.05, 4.69) is 80.1 Å². The summed E-state index contributed by atoms with van der Waals surface area (Å²) in [4.78, 5) is 0. The molecule has 0 saturated carbocycles. The third-order valence-electron chi connectivity index (χ3n) is 3.36. The van der Waals surface area contributed by atoms with E-state index in [9.17, 15) is 0 Å². The molecule has 1 rings (SSSR count). The summed E-state index contributed by atoms with van der Waals surface area (Å²) in [6.07, 6.45) is 2.50. The molecule has 1 aromatic rings. The van der Waals surface area contributed by atoms with Crippen molar-refractivity contribution in [2.75, 3.05) is 6.54 Å². The first-order valence-corrected chi connectivity index (χ1v) is 8.06. The van der Waals surface area contributed by atoms with Crippen LogP contribution in [0.4, 0.5) is 0 Å². The minimum Gasteiger partial charge on any atom is -0.314 e. The van der Waals surface area contributed by atoms with Crippen LogP contribution in [0.25, 0.3) is 0 Å². The summed E-state index contributed by atoms with van der Waals surface area (Å²) in [6.45, 7) is 12.4. The molecule has 108 valence electrons. The predicted octanol–water partition coefficient (Wildman–Crippen LogP) is 5.36. The van der Waals surface area contributed by atoms with E-state index in [-0.39, 0.29) is 0 Å². The van der Waals surface area contributed by atoms with Crippen molar-refractivity contribution >= 4 is 15.9 Å². The van der Waals surface area contributed by atoms with Crippen LogP contribution in [0.3, 0.4) is 0 Å². The third-order valence-corrected chi connectivity index (χ3v) is 3.89. The van der Waals surface area contributed by atoms with Crippen LogP contribution in [-0.4, -0.2) is 12.6 Å². The van der Waals surface area contributed by atoms with Crippen LogP contribution in [0.5, 0.6) is 0 Å². The lowest BCUT2D eigenvalue weighted by Gasteiger charge is -2.24. The third kappa shape index (κ3) is 7.12. The lowest BCUT2D eigenvalue weighted by atomic mass is 9.84. The van der Waals surface area contributed by atoms with Gasteiger partial charge >= 0.3 is 0 Å². The molecule has 0 amide bonds. The highest BCUT2D eigenvalue weighted by Gasteiger charge is 2.17. The van der Waals surface area contributed by atoms with Crippen molar-refractivity contribution < 1.29 is 0 Å². The van der Waals surface area contributed by atoms with Crippen molar-refractivity contribution in [3.05, 3.63) is 34.3 Å². The van der Waals surface area contributed by atoms with Crippen molar-refractivity contribution in [3.63, 3.8) is 0 Å². The van der Waals surface area contributed by atoms with Crippen molar-refractivity contribution in [2.24, 2.45) is 5.41 Å². The summed E-state index contributed by atoms with van der Waals surface area (Å²) >= 11 is 3.51. The molecule has 0 aliphatic rings. The number of hydrogen-bond donors (Lipinski definition) is 1. The monoisotopic (exact) mass is 325 g/mol. The average Bonchev–Trinajstić information content (AvgIpc) is 2.29. The summed E-state index contributed by atoms with van der Waals surface area (Å²) < 4.78 is 1.16. The Balaban J connectivity index is 2.70. The average molecular weight is 326 g/mol. The molecule has 1 N–H and O–H groups in total. The summed E-state index contributed by atoms with van der Waals surface area (Å²) in [5.74, 6) is 0.606. The Kier molecular flexibility index (Phi) is 6.55. The van der Waals surface area contributed by atoms with Gasteiger partial charge < -0.3 is 5.32 Å². The number of hydrogen-bond acceptors (Lipinski definition) is 1. The number of rotatable bonds is 6. The minimum absolute atomic E-state index is 0.408. The Labute approximate surface area is 127 Å². The first-order chi connectivity index (χ1) is 8.78. The van der Waals surface area contributed by atoms with E-state index >= 15 is 0 Å². The highest BCUT2D eigenvalue weighted by atomic mass is 79.9. The quantitative estimate of drug-likeness (QED) is 0.742. The fourth-order valence-electron chi connectivity index (χ4n) is 2.11. The molecule has 0 saturated heterocycles. The molecule has 19 heavy (non-hydrogen) atoms. The number of benzene rings is 1. The lowest BCUT2D eigenvalue weighted by molar-refractivity contribution is 0.342.